The molecule has 1 aliphatic rings. The van der Waals surface area contributed by atoms with Gasteiger partial charge in [0.05, 0.1) is 21.7 Å². The summed E-state index contributed by atoms with van der Waals surface area (Å²) in [5.74, 6) is -0.0236. The van der Waals surface area contributed by atoms with Gasteiger partial charge in [-0.2, -0.15) is 0 Å². The molecule has 0 aliphatic carbocycles. The van der Waals surface area contributed by atoms with E-state index in [0.29, 0.717) is 34.6 Å². The highest BCUT2D eigenvalue weighted by atomic mass is 35.5. The van der Waals surface area contributed by atoms with E-state index in [2.05, 4.69) is 9.62 Å². The van der Waals surface area contributed by atoms with Gasteiger partial charge in [0, 0.05) is 24.7 Å². The van der Waals surface area contributed by atoms with Crippen LogP contribution in [-0.2, 0) is 26.8 Å². The van der Waals surface area contributed by atoms with Crippen LogP contribution in [0.5, 0.6) is 0 Å². The Balaban J connectivity index is 1.76. The number of carbonyl (C=O) groups is 1. The molecule has 0 radical (unpaired) electrons. The third-order valence-corrected chi connectivity index (χ3v) is 8.32. The van der Waals surface area contributed by atoms with Gasteiger partial charge in [-0.15, -0.1) is 0 Å². The van der Waals surface area contributed by atoms with Crippen LogP contribution >= 0.6 is 34.8 Å². The minimum absolute atomic E-state index is 0.0236. The Hall–Kier alpha value is -1.35. The lowest BCUT2D eigenvalue weighted by Crippen LogP contribution is -2.48. The van der Waals surface area contributed by atoms with E-state index >= 15 is 0 Å². The molecule has 35 heavy (non-hydrogen) atoms. The smallest absolute Gasteiger partial charge is 0.233 e. The van der Waals surface area contributed by atoms with E-state index in [1.54, 1.807) is 30.1 Å². The first kappa shape index (κ1) is 28.2. The number of hydrogen-bond acceptors (Lipinski definition) is 4. The zero-order chi connectivity index (χ0) is 25.8. The summed E-state index contributed by atoms with van der Waals surface area (Å²) >= 11 is 18.6. The van der Waals surface area contributed by atoms with Gasteiger partial charge in [0.2, 0.25) is 15.9 Å². The number of sulfonamides is 1. The van der Waals surface area contributed by atoms with Crippen molar-refractivity contribution in [1.29, 1.82) is 0 Å². The molecule has 0 spiro atoms. The number of likely N-dealkylation sites (N-methyl/N-ethyl adjacent to an activating group) is 1. The van der Waals surface area contributed by atoms with Crippen molar-refractivity contribution in [3.8, 4) is 0 Å². The number of benzene rings is 2. The molecular weight excluding hydrogens is 529 g/mol. The van der Waals surface area contributed by atoms with Crippen LogP contribution < -0.4 is 4.72 Å². The predicted octanol–water partition coefficient (Wildman–Crippen LogP) is 4.97. The van der Waals surface area contributed by atoms with Crippen LogP contribution in [0.2, 0.25) is 15.1 Å². The van der Waals surface area contributed by atoms with Gasteiger partial charge in [-0.25, -0.2) is 13.1 Å². The summed E-state index contributed by atoms with van der Waals surface area (Å²) in [6, 6.07) is 12.8. The average Bonchev–Trinajstić information content (AvgIpc) is 2.78. The van der Waals surface area contributed by atoms with Crippen molar-refractivity contribution in [1.82, 2.24) is 14.5 Å². The van der Waals surface area contributed by atoms with Crippen molar-refractivity contribution in [3.05, 3.63) is 68.7 Å². The molecule has 2 aromatic carbocycles. The normalized spacial score (nSPS) is 17.2. The molecule has 1 aliphatic heterocycles. The molecule has 2 aromatic rings. The fourth-order valence-corrected chi connectivity index (χ4v) is 5.93. The Kier molecular flexibility index (Phi) is 9.51. The molecule has 192 valence electrons. The van der Waals surface area contributed by atoms with E-state index < -0.39 is 15.4 Å². The number of likely N-dealkylation sites (tertiary alicyclic amines) is 1. The topological polar surface area (TPSA) is 69.7 Å². The van der Waals surface area contributed by atoms with Crippen molar-refractivity contribution in [2.75, 3.05) is 32.9 Å². The molecular formula is C25H32Cl3N3O3S. The SMILES string of the molecule is CN(Cc1cccc(Cl)c1)C(=O)C(C)(CCN1CCC(NS(C)(=O)=O)CC1)c1ccc(Cl)c(Cl)c1. The van der Waals surface area contributed by atoms with Crippen LogP contribution in [0.25, 0.3) is 0 Å². The van der Waals surface area contributed by atoms with Crippen molar-refractivity contribution in [3.63, 3.8) is 0 Å². The van der Waals surface area contributed by atoms with E-state index in [9.17, 15) is 13.2 Å². The highest BCUT2D eigenvalue weighted by molar-refractivity contribution is 7.88. The van der Waals surface area contributed by atoms with E-state index in [1.165, 1.54) is 6.26 Å². The zero-order valence-corrected chi connectivity index (χ0v) is 23.3. The first-order valence-corrected chi connectivity index (χ1v) is 14.5. The van der Waals surface area contributed by atoms with Gasteiger partial charge < -0.3 is 9.80 Å². The van der Waals surface area contributed by atoms with Gasteiger partial charge in [-0.05, 0) is 81.2 Å². The van der Waals surface area contributed by atoms with Gasteiger partial charge in [0.15, 0.2) is 0 Å². The van der Waals surface area contributed by atoms with Gasteiger partial charge in [0.25, 0.3) is 0 Å². The monoisotopic (exact) mass is 559 g/mol. The first-order valence-electron chi connectivity index (χ1n) is 11.5. The highest BCUT2D eigenvalue weighted by Crippen LogP contribution is 2.35. The largest absolute Gasteiger partial charge is 0.341 e. The molecule has 1 saturated heterocycles. The summed E-state index contributed by atoms with van der Waals surface area (Å²) in [6.45, 7) is 4.59. The summed E-state index contributed by atoms with van der Waals surface area (Å²) in [6.07, 6.45) is 3.24. The highest BCUT2D eigenvalue weighted by Gasteiger charge is 2.38. The Morgan fingerprint density at radius 1 is 1.11 bits per heavy atom. The number of amides is 1. The van der Waals surface area contributed by atoms with Gasteiger partial charge in [-0.1, -0.05) is 53.0 Å². The van der Waals surface area contributed by atoms with Crippen LogP contribution in [0, 0.1) is 0 Å². The fourth-order valence-electron chi connectivity index (χ4n) is 4.58. The number of halogens is 3. The summed E-state index contributed by atoms with van der Waals surface area (Å²) in [5.41, 5.74) is 0.928. The third kappa shape index (κ3) is 7.81. The second-order valence-corrected chi connectivity index (χ2v) is 12.5. The summed E-state index contributed by atoms with van der Waals surface area (Å²) in [4.78, 5) is 17.9. The molecule has 1 heterocycles. The Bertz CT molecular complexity index is 1150. The van der Waals surface area contributed by atoms with E-state index in [-0.39, 0.29) is 11.9 Å². The van der Waals surface area contributed by atoms with Crippen molar-refractivity contribution in [2.24, 2.45) is 0 Å². The Labute approximate surface area is 223 Å². The lowest BCUT2D eigenvalue weighted by molar-refractivity contribution is -0.136. The standard InChI is InChI=1S/C25H32Cl3N3O3S/c1-25(19-7-8-22(27)23(28)16-19,24(32)30(2)17-18-5-4-6-20(26)15-18)11-14-31-12-9-21(10-13-31)29-35(3,33)34/h4-8,15-16,21,29H,9-14,17H2,1-3H3. The molecule has 1 unspecified atom stereocenters. The molecule has 10 heteroatoms. The maximum Gasteiger partial charge on any atom is 0.233 e. The lowest BCUT2D eigenvalue weighted by Gasteiger charge is -2.37. The molecule has 1 amide bonds. The summed E-state index contributed by atoms with van der Waals surface area (Å²) < 4.78 is 25.8. The molecule has 3 rings (SSSR count). The predicted molar refractivity (Wildman–Crippen MR) is 144 cm³/mol. The number of rotatable bonds is 9. The van der Waals surface area contributed by atoms with Crippen LogP contribution in [-0.4, -0.2) is 63.1 Å². The van der Waals surface area contributed by atoms with Crippen LogP contribution in [0.3, 0.4) is 0 Å². The average molecular weight is 561 g/mol. The van der Waals surface area contributed by atoms with E-state index in [0.717, 1.165) is 37.1 Å². The number of nitrogens with zero attached hydrogens (tertiary/aromatic N) is 2. The number of piperidine rings is 1. The van der Waals surface area contributed by atoms with Crippen LogP contribution in [0.15, 0.2) is 42.5 Å². The van der Waals surface area contributed by atoms with Crippen molar-refractivity contribution < 1.29 is 13.2 Å². The molecule has 0 saturated carbocycles. The fraction of sp³-hybridized carbons (Fsp3) is 0.480. The Morgan fingerprint density at radius 3 is 2.40 bits per heavy atom. The van der Waals surface area contributed by atoms with Gasteiger partial charge in [-0.3, -0.25) is 4.79 Å². The van der Waals surface area contributed by atoms with Crippen molar-refractivity contribution >= 4 is 50.7 Å². The summed E-state index contributed by atoms with van der Waals surface area (Å²) in [5, 5.41) is 1.48. The third-order valence-electron chi connectivity index (χ3n) is 6.58. The number of carbonyl (C=O) groups excluding carboxylic acids is 1. The minimum Gasteiger partial charge on any atom is -0.341 e. The first-order chi connectivity index (χ1) is 16.4. The van der Waals surface area contributed by atoms with E-state index in [4.69, 9.17) is 34.8 Å². The second-order valence-electron chi connectivity index (χ2n) is 9.51. The van der Waals surface area contributed by atoms with Crippen LogP contribution in [0.4, 0.5) is 0 Å². The van der Waals surface area contributed by atoms with Crippen molar-refractivity contribution in [2.45, 2.75) is 44.2 Å². The molecule has 6 nitrogen and oxygen atoms in total. The molecule has 0 bridgehead atoms. The lowest BCUT2D eigenvalue weighted by atomic mass is 9.77. The molecule has 1 fully saturated rings. The summed E-state index contributed by atoms with van der Waals surface area (Å²) in [7, 11) is -1.43. The molecule has 0 aromatic heterocycles. The molecule has 1 atom stereocenters. The van der Waals surface area contributed by atoms with Crippen LogP contribution in [0.1, 0.15) is 37.3 Å². The van der Waals surface area contributed by atoms with Gasteiger partial charge in [0.1, 0.15) is 0 Å². The second kappa shape index (κ2) is 11.8. The van der Waals surface area contributed by atoms with Gasteiger partial charge >= 0.3 is 0 Å². The zero-order valence-electron chi connectivity index (χ0n) is 20.2. The van der Waals surface area contributed by atoms with E-state index in [1.807, 2.05) is 31.2 Å². The quantitative estimate of drug-likeness (QED) is 0.470. The minimum atomic E-state index is -3.22. The maximum atomic E-state index is 13.9. The Morgan fingerprint density at radius 2 is 1.80 bits per heavy atom. The number of nitrogens with one attached hydrogen (secondary N) is 1. The maximum absolute atomic E-state index is 13.9. The molecule has 1 N–H and O–H groups in total. The number of hydrogen-bond donors (Lipinski definition) is 1.